The fourth-order valence-corrected chi connectivity index (χ4v) is 2.64. The molecule has 5 nitrogen and oxygen atoms in total. The molecule has 2 bridgehead atoms. The van der Waals surface area contributed by atoms with Crippen molar-refractivity contribution in [2.75, 3.05) is 0 Å². The number of fused-ring (bicyclic) bond motifs is 2. The summed E-state index contributed by atoms with van der Waals surface area (Å²) < 4.78 is 27.5. The van der Waals surface area contributed by atoms with E-state index in [1.807, 2.05) is 13.1 Å². The molecule has 2 heterocycles. The lowest BCUT2D eigenvalue weighted by Crippen LogP contribution is -2.34. The fraction of sp³-hybridized carbons (Fsp3) is 0.294. The van der Waals surface area contributed by atoms with Crippen molar-refractivity contribution >= 4 is 5.91 Å². The summed E-state index contributed by atoms with van der Waals surface area (Å²) in [5, 5.41) is 9.91. The number of rotatable bonds is 4. The van der Waals surface area contributed by atoms with Gasteiger partial charge in [0.05, 0.1) is 12.2 Å². The highest BCUT2D eigenvalue weighted by Gasteiger charge is 2.22. The van der Waals surface area contributed by atoms with E-state index >= 15 is 0 Å². The zero-order chi connectivity index (χ0) is 17.3. The Balaban J connectivity index is 1.74. The van der Waals surface area contributed by atoms with Crippen LogP contribution in [0.2, 0.25) is 0 Å². The molecule has 0 saturated carbocycles. The number of aromatic nitrogens is 2. The summed E-state index contributed by atoms with van der Waals surface area (Å²) in [6.07, 6.45) is 7.59. The Bertz CT molecular complexity index is 786. The highest BCUT2D eigenvalue weighted by Crippen LogP contribution is 2.26. The number of carbonyl (C=O) groups excluding carboxylic acids is 1. The lowest BCUT2D eigenvalue weighted by molar-refractivity contribution is -0.118. The SMILES string of the molecule is CC(NC(=O)C1=CC2=CC=C(C(F)F)C=C(C2)N1)c1cnn(C)c1. The Labute approximate surface area is 138 Å². The molecular formula is C17H18F2N4O. The monoisotopic (exact) mass is 332 g/mol. The van der Waals surface area contributed by atoms with E-state index in [-0.39, 0.29) is 17.5 Å². The number of nitrogens with zero attached hydrogens (tertiary/aromatic N) is 2. The Morgan fingerprint density at radius 1 is 1.38 bits per heavy atom. The summed E-state index contributed by atoms with van der Waals surface area (Å²) in [6, 6.07) is -0.212. The fourth-order valence-electron chi connectivity index (χ4n) is 2.64. The van der Waals surface area contributed by atoms with E-state index in [1.54, 1.807) is 30.1 Å². The van der Waals surface area contributed by atoms with Gasteiger partial charge in [0, 0.05) is 36.5 Å². The zero-order valence-electron chi connectivity index (χ0n) is 13.4. The van der Waals surface area contributed by atoms with E-state index in [9.17, 15) is 13.6 Å². The number of amides is 1. The molecule has 1 aromatic rings. The van der Waals surface area contributed by atoms with E-state index in [2.05, 4.69) is 15.7 Å². The molecule has 2 aliphatic rings. The van der Waals surface area contributed by atoms with Crippen LogP contribution in [0.1, 0.15) is 24.9 Å². The first-order valence-electron chi connectivity index (χ1n) is 7.60. The lowest BCUT2D eigenvalue weighted by atomic mass is 10.0. The van der Waals surface area contributed by atoms with E-state index in [0.29, 0.717) is 17.8 Å². The van der Waals surface area contributed by atoms with Crippen LogP contribution in [0.25, 0.3) is 0 Å². The normalized spacial score (nSPS) is 17.9. The summed E-state index contributed by atoms with van der Waals surface area (Å²) in [4.78, 5) is 12.5. The number of hydrogen-bond acceptors (Lipinski definition) is 3. The number of hydrogen-bond donors (Lipinski definition) is 2. The third-order valence-corrected chi connectivity index (χ3v) is 3.92. The Kier molecular flexibility index (Phi) is 4.33. The zero-order valence-corrected chi connectivity index (χ0v) is 13.4. The molecule has 1 aromatic heterocycles. The van der Waals surface area contributed by atoms with Gasteiger partial charge in [0.15, 0.2) is 0 Å². The van der Waals surface area contributed by atoms with Crippen LogP contribution in [-0.2, 0) is 11.8 Å². The van der Waals surface area contributed by atoms with E-state index in [1.165, 1.54) is 12.2 Å². The minimum absolute atomic E-state index is 0.0636. The predicted octanol–water partition coefficient (Wildman–Crippen LogP) is 2.49. The van der Waals surface area contributed by atoms with Gasteiger partial charge in [0.1, 0.15) is 5.70 Å². The summed E-state index contributed by atoms with van der Waals surface area (Å²) in [5.74, 6) is -0.289. The van der Waals surface area contributed by atoms with Crippen molar-refractivity contribution in [1.29, 1.82) is 0 Å². The minimum atomic E-state index is -2.54. The summed E-state index contributed by atoms with van der Waals surface area (Å²) in [6.45, 7) is 1.86. The van der Waals surface area contributed by atoms with Crippen LogP contribution in [0.15, 0.2) is 59.2 Å². The quantitative estimate of drug-likeness (QED) is 0.891. The molecule has 7 heteroatoms. The van der Waals surface area contributed by atoms with E-state index < -0.39 is 6.43 Å². The molecule has 3 rings (SSSR count). The maximum absolute atomic E-state index is 12.9. The predicted molar refractivity (Wildman–Crippen MR) is 85.9 cm³/mol. The molecule has 0 aromatic carbocycles. The van der Waals surface area contributed by atoms with Crippen LogP contribution in [0.3, 0.4) is 0 Å². The van der Waals surface area contributed by atoms with Gasteiger partial charge in [-0.3, -0.25) is 9.48 Å². The standard InChI is InChI=1S/C17H18F2N4O/c1-10(13-8-20-23(2)9-13)21-17(24)15-6-11-3-4-12(16(18)19)7-14(5-11)22-15/h3-4,6-10,16,22H,5H2,1-2H3,(H,21,24). The molecule has 126 valence electrons. The molecule has 0 radical (unpaired) electrons. The van der Waals surface area contributed by atoms with E-state index in [4.69, 9.17) is 0 Å². The molecule has 1 amide bonds. The summed E-state index contributed by atoms with van der Waals surface area (Å²) >= 11 is 0. The van der Waals surface area contributed by atoms with Crippen LogP contribution >= 0.6 is 0 Å². The van der Waals surface area contributed by atoms with Crippen molar-refractivity contribution in [2.24, 2.45) is 7.05 Å². The van der Waals surface area contributed by atoms with Gasteiger partial charge < -0.3 is 10.6 Å². The summed E-state index contributed by atoms with van der Waals surface area (Å²) in [7, 11) is 1.81. The second kappa shape index (κ2) is 6.43. The maximum Gasteiger partial charge on any atom is 0.268 e. The smallest absolute Gasteiger partial charge is 0.268 e. The number of alkyl halides is 2. The molecule has 0 spiro atoms. The van der Waals surface area contributed by atoms with E-state index in [0.717, 1.165) is 11.1 Å². The topological polar surface area (TPSA) is 59.0 Å². The highest BCUT2D eigenvalue weighted by atomic mass is 19.3. The molecule has 2 N–H and O–H groups in total. The van der Waals surface area contributed by atoms with Crippen molar-refractivity contribution in [3.63, 3.8) is 0 Å². The van der Waals surface area contributed by atoms with Gasteiger partial charge in [0.25, 0.3) is 12.3 Å². The van der Waals surface area contributed by atoms with Crippen molar-refractivity contribution in [1.82, 2.24) is 20.4 Å². The van der Waals surface area contributed by atoms with Crippen molar-refractivity contribution in [3.8, 4) is 0 Å². The highest BCUT2D eigenvalue weighted by molar-refractivity contribution is 5.94. The number of halogens is 2. The average Bonchev–Trinajstić information content (AvgIpc) is 2.91. The largest absolute Gasteiger partial charge is 0.354 e. The van der Waals surface area contributed by atoms with Gasteiger partial charge >= 0.3 is 0 Å². The molecule has 1 atom stereocenters. The van der Waals surface area contributed by atoms with Gasteiger partial charge in [0.2, 0.25) is 0 Å². The van der Waals surface area contributed by atoms with Crippen LogP contribution in [0.5, 0.6) is 0 Å². The van der Waals surface area contributed by atoms with Crippen LogP contribution in [0.4, 0.5) is 8.78 Å². The number of nitrogens with one attached hydrogen (secondary N) is 2. The number of allylic oxidation sites excluding steroid dienone is 6. The van der Waals surface area contributed by atoms with Gasteiger partial charge in [-0.25, -0.2) is 8.78 Å². The first kappa shape index (κ1) is 16.2. The third-order valence-electron chi connectivity index (χ3n) is 3.92. The van der Waals surface area contributed by atoms with Crippen molar-refractivity contribution < 1.29 is 13.6 Å². The van der Waals surface area contributed by atoms with Gasteiger partial charge in [-0.2, -0.15) is 5.10 Å². The first-order valence-corrected chi connectivity index (χ1v) is 7.60. The second-order valence-corrected chi connectivity index (χ2v) is 5.88. The Morgan fingerprint density at radius 2 is 2.17 bits per heavy atom. The molecule has 1 unspecified atom stereocenters. The van der Waals surface area contributed by atoms with Crippen molar-refractivity contribution in [2.45, 2.75) is 25.8 Å². The molecule has 1 aliphatic heterocycles. The number of carbonyl (C=O) groups is 1. The molecule has 24 heavy (non-hydrogen) atoms. The Morgan fingerprint density at radius 3 is 2.83 bits per heavy atom. The van der Waals surface area contributed by atoms with Gasteiger partial charge in [-0.05, 0) is 24.6 Å². The van der Waals surface area contributed by atoms with Crippen molar-refractivity contribution in [3.05, 3.63) is 64.8 Å². The average molecular weight is 332 g/mol. The second-order valence-electron chi connectivity index (χ2n) is 5.88. The lowest BCUT2D eigenvalue weighted by Gasteiger charge is -2.21. The van der Waals surface area contributed by atoms with Crippen LogP contribution in [-0.4, -0.2) is 22.1 Å². The third kappa shape index (κ3) is 3.45. The maximum atomic E-state index is 12.9. The van der Waals surface area contributed by atoms with Gasteiger partial charge in [-0.15, -0.1) is 0 Å². The number of aryl methyl sites for hydroxylation is 1. The molecule has 0 saturated heterocycles. The molecule has 0 fully saturated rings. The first-order chi connectivity index (χ1) is 11.4. The van der Waals surface area contributed by atoms with Crippen LogP contribution < -0.4 is 10.6 Å². The molecular weight excluding hydrogens is 314 g/mol. The minimum Gasteiger partial charge on any atom is -0.354 e. The Hall–Kier alpha value is -2.70. The summed E-state index contributed by atoms with van der Waals surface area (Å²) in [5.41, 5.74) is 2.58. The van der Waals surface area contributed by atoms with Gasteiger partial charge in [-0.1, -0.05) is 12.2 Å². The van der Waals surface area contributed by atoms with Crippen LogP contribution in [0, 0.1) is 0 Å². The molecule has 1 aliphatic carbocycles.